The van der Waals surface area contributed by atoms with Crippen LogP contribution in [0.25, 0.3) is 0 Å². The van der Waals surface area contributed by atoms with Gasteiger partial charge in [-0.2, -0.15) is 0 Å². The van der Waals surface area contributed by atoms with Gasteiger partial charge in [0, 0.05) is 35.3 Å². The first-order valence-electron chi connectivity index (χ1n) is 12.5. The van der Waals surface area contributed by atoms with Gasteiger partial charge in [-0.15, -0.1) is 24.9 Å². The molecule has 6 atom stereocenters. The van der Waals surface area contributed by atoms with E-state index in [1.165, 1.54) is 0 Å². The molecule has 1 spiro atoms. The highest BCUT2D eigenvalue weighted by Gasteiger charge is 2.76. The Hall–Kier alpha value is -1.32. The summed E-state index contributed by atoms with van der Waals surface area (Å²) in [4.78, 5) is 45.0. The summed E-state index contributed by atoms with van der Waals surface area (Å²) in [5, 5.41) is 9.07. The number of esters is 1. The van der Waals surface area contributed by atoms with Crippen LogP contribution in [-0.2, 0) is 19.1 Å². The lowest BCUT2D eigenvalue weighted by Gasteiger charge is -2.42. The van der Waals surface area contributed by atoms with Gasteiger partial charge in [0.25, 0.3) is 0 Å². The molecule has 3 saturated heterocycles. The predicted octanol–water partition coefficient (Wildman–Crippen LogP) is 3.55. The number of aliphatic hydroxyl groups excluding tert-OH is 1. The summed E-state index contributed by atoms with van der Waals surface area (Å²) in [5.74, 6) is -1.75. The second kappa shape index (κ2) is 11.4. The molecule has 3 unspecified atom stereocenters. The third kappa shape index (κ3) is 5.23. The smallest absolute Gasteiger partial charge is 0.310 e. The van der Waals surface area contributed by atoms with Crippen LogP contribution in [0.5, 0.6) is 0 Å². The Bertz CT molecular complexity index is 846. The number of aliphatic hydroxyl groups is 1. The van der Waals surface area contributed by atoms with E-state index in [0.717, 1.165) is 6.42 Å². The zero-order chi connectivity index (χ0) is 26.0. The predicted molar refractivity (Wildman–Crippen MR) is 142 cm³/mol. The lowest BCUT2D eigenvalue weighted by atomic mass is 9.71. The van der Waals surface area contributed by atoms with E-state index in [9.17, 15) is 19.5 Å². The number of hydrogen-bond donors (Lipinski definition) is 1. The Labute approximate surface area is 221 Å². The molecule has 0 saturated carbocycles. The summed E-state index contributed by atoms with van der Waals surface area (Å²) in [7, 11) is 0. The van der Waals surface area contributed by atoms with Gasteiger partial charge in [-0.05, 0) is 52.9 Å². The minimum atomic E-state index is -0.684. The van der Waals surface area contributed by atoms with Crippen molar-refractivity contribution in [3.05, 3.63) is 25.3 Å². The van der Waals surface area contributed by atoms with E-state index >= 15 is 0 Å². The van der Waals surface area contributed by atoms with E-state index in [2.05, 4.69) is 29.1 Å². The molecule has 3 aliphatic heterocycles. The van der Waals surface area contributed by atoms with Crippen molar-refractivity contribution in [3.63, 3.8) is 0 Å². The van der Waals surface area contributed by atoms with E-state index in [4.69, 9.17) is 4.74 Å². The van der Waals surface area contributed by atoms with Crippen LogP contribution >= 0.6 is 27.7 Å². The molecule has 9 heteroatoms. The highest BCUT2D eigenvalue weighted by Crippen LogP contribution is 2.68. The van der Waals surface area contributed by atoms with E-state index < -0.39 is 28.2 Å². The van der Waals surface area contributed by atoms with Crippen LogP contribution in [-0.4, -0.2) is 85.4 Å². The van der Waals surface area contributed by atoms with Crippen LogP contribution in [0, 0.1) is 11.8 Å². The summed E-state index contributed by atoms with van der Waals surface area (Å²) in [5.41, 5.74) is -0.455. The fourth-order valence-corrected chi connectivity index (χ4v) is 9.39. The molecule has 35 heavy (non-hydrogen) atoms. The second-order valence-electron chi connectivity index (χ2n) is 10.6. The summed E-state index contributed by atoms with van der Waals surface area (Å²) in [6.07, 6.45) is 6.71. The molecule has 196 valence electrons. The third-order valence-electron chi connectivity index (χ3n) is 7.31. The van der Waals surface area contributed by atoms with Crippen molar-refractivity contribution in [2.45, 2.75) is 79.3 Å². The molecule has 0 aromatic carbocycles. The topological polar surface area (TPSA) is 87.1 Å². The summed E-state index contributed by atoms with van der Waals surface area (Å²) >= 11 is 5.39. The lowest BCUT2D eigenvalue weighted by molar-refractivity contribution is -0.154. The average molecular weight is 572 g/mol. The molecule has 3 heterocycles. The number of likely N-dealkylation sites (tertiary alicyclic amines) is 1. The number of ether oxygens (including phenoxy) is 1. The van der Waals surface area contributed by atoms with E-state index in [1.54, 1.807) is 33.7 Å². The molecule has 2 bridgehead atoms. The quantitative estimate of drug-likeness (QED) is 0.167. The highest BCUT2D eigenvalue weighted by atomic mass is 79.9. The molecule has 0 aromatic heterocycles. The second-order valence-corrected chi connectivity index (χ2v) is 13.3. The van der Waals surface area contributed by atoms with Gasteiger partial charge in [-0.1, -0.05) is 28.1 Å². The van der Waals surface area contributed by atoms with Crippen molar-refractivity contribution in [2.75, 3.05) is 26.3 Å². The molecule has 3 aliphatic rings. The minimum absolute atomic E-state index is 0.0145. The first-order chi connectivity index (χ1) is 16.5. The number of nitrogens with zero attached hydrogens (tertiary/aromatic N) is 2. The van der Waals surface area contributed by atoms with Crippen molar-refractivity contribution < 1.29 is 24.2 Å². The molecule has 2 amide bonds. The largest absolute Gasteiger partial charge is 0.465 e. The SMILES string of the molecule is C=CCCOC(=O)[C@H]1[C@H]2C(=O)N(CCCCCO)C(C(=O)N(CC=C)C(C)(C)C)C23CC(Br)[C@@H]1S3. The monoisotopic (exact) mass is 570 g/mol. The van der Waals surface area contributed by atoms with Gasteiger partial charge >= 0.3 is 5.97 Å². The van der Waals surface area contributed by atoms with Crippen LogP contribution in [0.3, 0.4) is 0 Å². The zero-order valence-corrected chi connectivity index (χ0v) is 23.5. The maximum atomic E-state index is 14.2. The van der Waals surface area contributed by atoms with Gasteiger partial charge in [-0.25, -0.2) is 0 Å². The molecule has 7 nitrogen and oxygen atoms in total. The Morgan fingerprint density at radius 2 is 2.00 bits per heavy atom. The van der Waals surface area contributed by atoms with E-state index in [0.29, 0.717) is 38.8 Å². The van der Waals surface area contributed by atoms with Crippen molar-refractivity contribution in [3.8, 4) is 0 Å². The van der Waals surface area contributed by atoms with Gasteiger partial charge in [0.15, 0.2) is 0 Å². The number of amides is 2. The number of halogens is 1. The van der Waals surface area contributed by atoms with Gasteiger partial charge < -0.3 is 19.6 Å². The molecular weight excluding hydrogens is 532 g/mol. The number of alkyl halides is 1. The fourth-order valence-electron chi connectivity index (χ4n) is 5.80. The number of hydrogen-bond acceptors (Lipinski definition) is 6. The number of rotatable bonds is 12. The normalized spacial score (nSPS) is 31.4. The number of carbonyl (C=O) groups is 3. The maximum Gasteiger partial charge on any atom is 0.310 e. The number of fused-ring (bicyclic) bond motifs is 1. The maximum absolute atomic E-state index is 14.2. The van der Waals surface area contributed by atoms with Crippen LogP contribution in [0.15, 0.2) is 25.3 Å². The molecule has 3 fully saturated rings. The van der Waals surface area contributed by atoms with Crippen molar-refractivity contribution in [2.24, 2.45) is 11.8 Å². The molecule has 3 rings (SSSR count). The van der Waals surface area contributed by atoms with Gasteiger partial charge in [0.1, 0.15) is 6.04 Å². The first-order valence-corrected chi connectivity index (χ1v) is 14.3. The third-order valence-corrected chi connectivity index (χ3v) is 10.5. The van der Waals surface area contributed by atoms with Crippen LogP contribution < -0.4 is 0 Å². The zero-order valence-electron chi connectivity index (χ0n) is 21.1. The van der Waals surface area contributed by atoms with Crippen molar-refractivity contribution in [1.29, 1.82) is 0 Å². The Morgan fingerprint density at radius 3 is 2.60 bits per heavy atom. The van der Waals surface area contributed by atoms with E-state index in [-0.39, 0.29) is 41.1 Å². The Morgan fingerprint density at radius 1 is 1.29 bits per heavy atom. The molecule has 0 aromatic rings. The van der Waals surface area contributed by atoms with Gasteiger partial charge in [-0.3, -0.25) is 14.4 Å². The fraction of sp³-hybridized carbons (Fsp3) is 0.731. The number of carbonyl (C=O) groups excluding carboxylic acids is 3. The molecule has 0 radical (unpaired) electrons. The molecular formula is C26H39BrN2O5S. The van der Waals surface area contributed by atoms with E-state index in [1.807, 2.05) is 20.8 Å². The highest BCUT2D eigenvalue weighted by molar-refractivity contribution is 9.09. The summed E-state index contributed by atoms with van der Waals surface area (Å²) in [6, 6.07) is -0.658. The Balaban J connectivity index is 2.00. The number of unbranched alkanes of at least 4 members (excludes halogenated alkanes) is 2. The van der Waals surface area contributed by atoms with Crippen molar-refractivity contribution in [1.82, 2.24) is 9.80 Å². The van der Waals surface area contributed by atoms with Gasteiger partial charge in [0.2, 0.25) is 11.8 Å². The van der Waals surface area contributed by atoms with Crippen molar-refractivity contribution >= 4 is 45.5 Å². The summed E-state index contributed by atoms with van der Waals surface area (Å²) < 4.78 is 4.87. The molecule has 0 aliphatic carbocycles. The standard InChI is InChI=1S/C26H39BrN2O5S/c1-6-8-15-34-24(33)18-19-22(31)28(13-10-9-11-14-30)21(26(19)16-17(27)20(18)35-26)23(32)29(12-7-2)25(3,4)5/h6-7,17-21,30H,1-2,8-16H2,3-5H3/t17?,18-,19-,20-,21?,26?/m0/s1. The molecule has 1 N–H and O–H groups in total. The van der Waals surface area contributed by atoms with Crippen LogP contribution in [0.2, 0.25) is 0 Å². The lowest BCUT2D eigenvalue weighted by Crippen LogP contribution is -2.59. The number of thioether (sulfide) groups is 1. The minimum Gasteiger partial charge on any atom is -0.465 e. The first kappa shape index (κ1) is 28.3. The van der Waals surface area contributed by atoms with Crippen LogP contribution in [0.4, 0.5) is 0 Å². The summed E-state index contributed by atoms with van der Waals surface area (Å²) in [6.45, 7) is 14.6. The Kier molecular flexibility index (Phi) is 9.19. The van der Waals surface area contributed by atoms with Crippen LogP contribution in [0.1, 0.15) is 52.9 Å². The van der Waals surface area contributed by atoms with Gasteiger partial charge in [0.05, 0.1) is 23.2 Å². The average Bonchev–Trinajstić information content (AvgIpc) is 3.37.